The van der Waals surface area contributed by atoms with Gasteiger partial charge in [0.1, 0.15) is 6.04 Å². The van der Waals surface area contributed by atoms with Crippen molar-refractivity contribution in [2.75, 3.05) is 6.61 Å². The van der Waals surface area contributed by atoms with Crippen LogP contribution in [0.2, 0.25) is 0 Å². The summed E-state index contributed by atoms with van der Waals surface area (Å²) in [5.74, 6) is -0.313. The Morgan fingerprint density at radius 3 is 2.29 bits per heavy atom. The van der Waals surface area contributed by atoms with Crippen LogP contribution in [0.25, 0.3) is 0 Å². The molecular formula is C20H35NO3. The van der Waals surface area contributed by atoms with E-state index in [1.165, 1.54) is 57.8 Å². The first kappa shape index (κ1) is 20.7. The van der Waals surface area contributed by atoms with Gasteiger partial charge in [0.2, 0.25) is 5.91 Å². The molecule has 0 radical (unpaired) electrons. The summed E-state index contributed by atoms with van der Waals surface area (Å²) in [6, 6.07) is -0.411. The lowest BCUT2D eigenvalue weighted by Gasteiger charge is -2.08. The number of esters is 1. The van der Waals surface area contributed by atoms with E-state index in [-0.39, 0.29) is 11.9 Å². The van der Waals surface area contributed by atoms with Crippen molar-refractivity contribution in [2.24, 2.45) is 0 Å². The van der Waals surface area contributed by atoms with Crippen molar-refractivity contribution in [1.82, 2.24) is 5.32 Å². The van der Waals surface area contributed by atoms with Crippen LogP contribution in [0.15, 0.2) is 12.2 Å². The SMILES string of the molecule is CCCCCC/C=C/CCCCCCCC(=O)N[C@H]1CCOC1=O. The minimum absolute atomic E-state index is 0.0233. The lowest BCUT2D eigenvalue weighted by molar-refractivity contribution is -0.141. The summed E-state index contributed by atoms with van der Waals surface area (Å²) >= 11 is 0. The third kappa shape index (κ3) is 10.5. The maximum absolute atomic E-state index is 11.7. The number of hydrogen-bond acceptors (Lipinski definition) is 3. The zero-order valence-corrected chi connectivity index (χ0v) is 15.4. The molecule has 0 aromatic carbocycles. The van der Waals surface area contributed by atoms with Gasteiger partial charge in [-0.3, -0.25) is 4.79 Å². The molecule has 4 heteroatoms. The van der Waals surface area contributed by atoms with Crippen LogP contribution in [0.1, 0.15) is 90.4 Å². The van der Waals surface area contributed by atoms with E-state index < -0.39 is 6.04 Å². The maximum Gasteiger partial charge on any atom is 0.328 e. The summed E-state index contributed by atoms with van der Waals surface area (Å²) in [5, 5.41) is 2.75. The Hall–Kier alpha value is -1.32. The van der Waals surface area contributed by atoms with E-state index in [1.807, 2.05) is 0 Å². The number of unbranched alkanes of at least 4 members (excludes halogenated alkanes) is 9. The second kappa shape index (κ2) is 14.1. The van der Waals surface area contributed by atoms with Gasteiger partial charge >= 0.3 is 5.97 Å². The van der Waals surface area contributed by atoms with E-state index >= 15 is 0 Å². The fourth-order valence-corrected chi connectivity index (χ4v) is 2.90. The number of hydrogen-bond donors (Lipinski definition) is 1. The maximum atomic E-state index is 11.7. The van der Waals surface area contributed by atoms with Crippen LogP contribution in [0.4, 0.5) is 0 Å². The van der Waals surface area contributed by atoms with E-state index in [0.29, 0.717) is 19.4 Å². The molecule has 0 aliphatic carbocycles. The van der Waals surface area contributed by atoms with E-state index in [2.05, 4.69) is 24.4 Å². The predicted molar refractivity (Wildman–Crippen MR) is 97.7 cm³/mol. The number of nitrogens with one attached hydrogen (secondary N) is 1. The molecule has 0 spiro atoms. The molecule has 1 aliphatic rings. The summed E-state index contributed by atoms with van der Waals surface area (Å²) in [5.41, 5.74) is 0. The molecule has 1 saturated heterocycles. The van der Waals surface area contributed by atoms with Gasteiger partial charge in [-0.25, -0.2) is 4.79 Å². The average molecular weight is 338 g/mol. The van der Waals surface area contributed by atoms with Crippen LogP contribution in [-0.2, 0) is 14.3 Å². The van der Waals surface area contributed by atoms with Crippen molar-refractivity contribution in [3.05, 3.63) is 12.2 Å². The predicted octanol–water partition coefficient (Wildman–Crippen LogP) is 4.68. The molecular weight excluding hydrogens is 302 g/mol. The van der Waals surface area contributed by atoms with Gasteiger partial charge in [0.25, 0.3) is 0 Å². The Morgan fingerprint density at radius 1 is 1.04 bits per heavy atom. The first-order valence-electron chi connectivity index (χ1n) is 9.85. The summed E-state index contributed by atoms with van der Waals surface area (Å²) in [7, 11) is 0. The van der Waals surface area contributed by atoms with Crippen LogP contribution < -0.4 is 5.32 Å². The van der Waals surface area contributed by atoms with Crippen molar-refractivity contribution in [3.63, 3.8) is 0 Å². The minimum Gasteiger partial charge on any atom is -0.464 e. The lowest BCUT2D eigenvalue weighted by atomic mass is 10.1. The largest absolute Gasteiger partial charge is 0.464 e. The highest BCUT2D eigenvalue weighted by Gasteiger charge is 2.27. The van der Waals surface area contributed by atoms with Gasteiger partial charge in [0, 0.05) is 12.8 Å². The van der Waals surface area contributed by atoms with Gasteiger partial charge in [-0.15, -0.1) is 0 Å². The Labute approximate surface area is 147 Å². The summed E-state index contributed by atoms with van der Waals surface area (Å²) in [6.45, 7) is 2.67. The van der Waals surface area contributed by atoms with Crippen LogP contribution in [-0.4, -0.2) is 24.5 Å². The molecule has 1 heterocycles. The van der Waals surface area contributed by atoms with Gasteiger partial charge in [-0.1, -0.05) is 57.6 Å². The smallest absolute Gasteiger partial charge is 0.328 e. The fraction of sp³-hybridized carbons (Fsp3) is 0.800. The molecule has 0 saturated carbocycles. The van der Waals surface area contributed by atoms with Crippen LogP contribution >= 0.6 is 0 Å². The molecule has 0 aromatic heterocycles. The molecule has 1 N–H and O–H groups in total. The highest BCUT2D eigenvalue weighted by molar-refractivity contribution is 5.85. The Kier molecular flexibility index (Phi) is 12.1. The van der Waals surface area contributed by atoms with Gasteiger partial charge in [-0.2, -0.15) is 0 Å². The van der Waals surface area contributed by atoms with Crippen molar-refractivity contribution < 1.29 is 14.3 Å². The number of carbonyl (C=O) groups is 2. The standard InChI is InChI=1S/C20H35NO3/c1-2-3-4-5-6-7-8-9-10-11-12-13-14-15-19(22)21-18-16-17-24-20(18)23/h7-8,18H,2-6,9-17H2,1H3,(H,21,22)/b8-7+/t18-/m0/s1. The topological polar surface area (TPSA) is 55.4 Å². The number of ether oxygens (including phenoxy) is 1. The van der Waals surface area contributed by atoms with Crippen molar-refractivity contribution in [2.45, 2.75) is 96.4 Å². The molecule has 24 heavy (non-hydrogen) atoms. The molecule has 1 atom stereocenters. The second-order valence-corrected chi connectivity index (χ2v) is 6.70. The average Bonchev–Trinajstić information content (AvgIpc) is 2.97. The Balaban J connectivity index is 1.84. The zero-order chi connectivity index (χ0) is 17.5. The zero-order valence-electron chi connectivity index (χ0n) is 15.4. The Morgan fingerprint density at radius 2 is 1.67 bits per heavy atom. The molecule has 4 nitrogen and oxygen atoms in total. The van der Waals surface area contributed by atoms with Crippen LogP contribution in [0.5, 0.6) is 0 Å². The van der Waals surface area contributed by atoms with Crippen molar-refractivity contribution in [1.29, 1.82) is 0 Å². The molecule has 138 valence electrons. The first-order valence-corrected chi connectivity index (χ1v) is 9.85. The quantitative estimate of drug-likeness (QED) is 0.284. The highest BCUT2D eigenvalue weighted by Crippen LogP contribution is 2.10. The fourth-order valence-electron chi connectivity index (χ4n) is 2.90. The molecule has 0 bridgehead atoms. The number of carbonyl (C=O) groups excluding carboxylic acids is 2. The summed E-state index contributed by atoms with van der Waals surface area (Å²) in [6.07, 6.45) is 19.2. The summed E-state index contributed by atoms with van der Waals surface area (Å²) in [4.78, 5) is 23.0. The van der Waals surface area contributed by atoms with Crippen LogP contribution in [0, 0.1) is 0 Å². The molecule has 0 aromatic rings. The number of rotatable bonds is 14. The Bertz CT molecular complexity index is 379. The molecule has 1 rings (SSSR count). The first-order chi connectivity index (χ1) is 11.7. The lowest BCUT2D eigenvalue weighted by Crippen LogP contribution is -2.37. The normalized spacial score (nSPS) is 17.4. The minimum atomic E-state index is -0.411. The van der Waals surface area contributed by atoms with Gasteiger partial charge in [-0.05, 0) is 32.1 Å². The van der Waals surface area contributed by atoms with Crippen LogP contribution in [0.3, 0.4) is 0 Å². The molecule has 0 unspecified atom stereocenters. The van der Waals surface area contributed by atoms with Crippen molar-refractivity contribution >= 4 is 11.9 Å². The summed E-state index contributed by atoms with van der Waals surface area (Å²) < 4.78 is 4.83. The molecule has 1 fully saturated rings. The third-order valence-electron chi connectivity index (χ3n) is 4.44. The second-order valence-electron chi connectivity index (χ2n) is 6.70. The highest BCUT2D eigenvalue weighted by atomic mass is 16.5. The number of amides is 1. The van der Waals surface area contributed by atoms with E-state index in [9.17, 15) is 9.59 Å². The van der Waals surface area contributed by atoms with Crippen molar-refractivity contribution in [3.8, 4) is 0 Å². The van der Waals surface area contributed by atoms with E-state index in [0.717, 1.165) is 12.8 Å². The van der Waals surface area contributed by atoms with E-state index in [1.54, 1.807) is 0 Å². The molecule has 1 amide bonds. The monoisotopic (exact) mass is 337 g/mol. The third-order valence-corrected chi connectivity index (χ3v) is 4.44. The van der Waals surface area contributed by atoms with Gasteiger partial charge < -0.3 is 10.1 Å². The molecule has 1 aliphatic heterocycles. The number of allylic oxidation sites excluding steroid dienone is 2. The van der Waals surface area contributed by atoms with E-state index in [4.69, 9.17) is 4.74 Å². The number of cyclic esters (lactones) is 1. The van der Waals surface area contributed by atoms with Gasteiger partial charge in [0.15, 0.2) is 0 Å². The van der Waals surface area contributed by atoms with Gasteiger partial charge in [0.05, 0.1) is 6.61 Å².